The van der Waals surface area contributed by atoms with Gasteiger partial charge < -0.3 is 15.0 Å². The molecule has 0 radical (unpaired) electrons. The summed E-state index contributed by atoms with van der Waals surface area (Å²) in [5.74, 6) is 1.93. The van der Waals surface area contributed by atoms with Crippen molar-refractivity contribution >= 4 is 0 Å². The molecule has 1 aromatic heterocycles. The van der Waals surface area contributed by atoms with E-state index < -0.39 is 0 Å². The van der Waals surface area contributed by atoms with Crippen LogP contribution in [0.1, 0.15) is 37.7 Å². The fourth-order valence-corrected chi connectivity index (χ4v) is 2.27. The number of hydrogen-bond donors (Lipinski definition) is 1. The molecular weight excluding hydrogens is 250 g/mol. The maximum absolute atomic E-state index is 6.28. The van der Waals surface area contributed by atoms with Gasteiger partial charge in [0, 0.05) is 31.4 Å². The first-order valence-corrected chi connectivity index (χ1v) is 7.23. The van der Waals surface area contributed by atoms with Crippen molar-refractivity contribution < 1.29 is 4.74 Å². The highest BCUT2D eigenvalue weighted by molar-refractivity contribution is 5.29. The zero-order chi connectivity index (χ0) is 14.4. The van der Waals surface area contributed by atoms with Crippen molar-refractivity contribution in [2.75, 3.05) is 6.61 Å². The Kier molecular flexibility index (Phi) is 5.18. The normalized spacial score (nSPS) is 12.3. The van der Waals surface area contributed by atoms with Crippen LogP contribution in [0.4, 0.5) is 0 Å². The minimum Gasteiger partial charge on any atom is -0.494 e. The summed E-state index contributed by atoms with van der Waals surface area (Å²) >= 11 is 0. The van der Waals surface area contributed by atoms with Gasteiger partial charge in [0.15, 0.2) is 0 Å². The van der Waals surface area contributed by atoms with E-state index in [4.69, 9.17) is 10.5 Å². The first-order valence-electron chi connectivity index (χ1n) is 7.23. The van der Waals surface area contributed by atoms with E-state index in [0.29, 0.717) is 6.61 Å². The Morgan fingerprint density at radius 2 is 2.00 bits per heavy atom. The summed E-state index contributed by atoms with van der Waals surface area (Å²) in [6, 6.07) is 7.96. The molecule has 1 unspecified atom stereocenters. The van der Waals surface area contributed by atoms with Crippen LogP contribution in [0.3, 0.4) is 0 Å². The summed E-state index contributed by atoms with van der Waals surface area (Å²) in [5, 5.41) is 0. The summed E-state index contributed by atoms with van der Waals surface area (Å²) < 4.78 is 7.62. The molecule has 2 aromatic rings. The lowest BCUT2D eigenvalue weighted by molar-refractivity contribution is 0.340. The average molecular weight is 273 g/mol. The van der Waals surface area contributed by atoms with Crippen LogP contribution in [0, 0.1) is 0 Å². The summed E-state index contributed by atoms with van der Waals surface area (Å²) in [5.41, 5.74) is 7.39. The third kappa shape index (κ3) is 3.61. The zero-order valence-electron chi connectivity index (χ0n) is 12.2. The van der Waals surface area contributed by atoms with Crippen molar-refractivity contribution in [2.24, 2.45) is 5.73 Å². The molecule has 2 N–H and O–H groups in total. The molecule has 0 saturated heterocycles. The van der Waals surface area contributed by atoms with Crippen molar-refractivity contribution in [3.8, 4) is 5.75 Å². The van der Waals surface area contributed by atoms with Crippen molar-refractivity contribution in [3.05, 3.63) is 48.0 Å². The second-order valence-electron chi connectivity index (χ2n) is 4.85. The number of imidazole rings is 1. The molecule has 0 aliphatic carbocycles. The molecule has 0 aliphatic heterocycles. The predicted octanol–water partition coefficient (Wildman–Crippen LogP) is 2.93. The highest BCUT2D eigenvalue weighted by Crippen LogP contribution is 2.19. The number of nitrogens with zero attached hydrogens (tertiary/aromatic N) is 2. The van der Waals surface area contributed by atoms with Gasteiger partial charge in [0.05, 0.1) is 6.61 Å². The van der Waals surface area contributed by atoms with Crippen LogP contribution in [-0.2, 0) is 13.0 Å². The molecule has 0 fully saturated rings. The number of rotatable bonds is 7. The number of benzene rings is 1. The van der Waals surface area contributed by atoms with E-state index in [0.717, 1.165) is 36.5 Å². The monoisotopic (exact) mass is 273 g/mol. The fourth-order valence-electron chi connectivity index (χ4n) is 2.27. The molecule has 1 heterocycles. The minimum atomic E-state index is -0.0383. The topological polar surface area (TPSA) is 53.1 Å². The van der Waals surface area contributed by atoms with E-state index in [2.05, 4.69) is 16.5 Å². The zero-order valence-corrected chi connectivity index (χ0v) is 12.2. The second kappa shape index (κ2) is 7.10. The van der Waals surface area contributed by atoms with Crippen molar-refractivity contribution in [2.45, 2.75) is 39.3 Å². The van der Waals surface area contributed by atoms with Crippen molar-refractivity contribution in [1.29, 1.82) is 0 Å². The van der Waals surface area contributed by atoms with Crippen LogP contribution < -0.4 is 10.5 Å². The van der Waals surface area contributed by atoms with Gasteiger partial charge in [0.25, 0.3) is 0 Å². The van der Waals surface area contributed by atoms with Crippen molar-refractivity contribution in [3.63, 3.8) is 0 Å². The standard InChI is InChI=1S/C16H23N3O/c1-3-10-19-11-9-18-16(19)12-15(17)13-5-7-14(8-6-13)20-4-2/h5-9,11,15H,3-4,10,12,17H2,1-2H3. The quantitative estimate of drug-likeness (QED) is 0.844. The van der Waals surface area contributed by atoms with Crippen LogP contribution in [0.2, 0.25) is 0 Å². The highest BCUT2D eigenvalue weighted by atomic mass is 16.5. The average Bonchev–Trinajstić information content (AvgIpc) is 2.88. The van der Waals surface area contributed by atoms with Gasteiger partial charge in [-0.1, -0.05) is 19.1 Å². The molecule has 20 heavy (non-hydrogen) atoms. The minimum absolute atomic E-state index is 0.0383. The summed E-state index contributed by atoms with van der Waals surface area (Å²) in [6.45, 7) is 5.81. The molecule has 0 amide bonds. The molecule has 0 aliphatic rings. The predicted molar refractivity (Wildman–Crippen MR) is 80.8 cm³/mol. The van der Waals surface area contributed by atoms with Gasteiger partial charge >= 0.3 is 0 Å². The van der Waals surface area contributed by atoms with Crippen LogP contribution >= 0.6 is 0 Å². The van der Waals surface area contributed by atoms with E-state index in [1.807, 2.05) is 43.6 Å². The Bertz CT molecular complexity index is 519. The van der Waals surface area contributed by atoms with E-state index in [1.54, 1.807) is 0 Å². The van der Waals surface area contributed by atoms with Gasteiger partial charge in [-0.25, -0.2) is 4.98 Å². The largest absolute Gasteiger partial charge is 0.494 e. The van der Waals surface area contributed by atoms with Gasteiger partial charge in [-0.3, -0.25) is 0 Å². The Balaban J connectivity index is 2.03. The van der Waals surface area contributed by atoms with Crippen LogP contribution in [0.5, 0.6) is 5.75 Å². The second-order valence-corrected chi connectivity index (χ2v) is 4.85. The first kappa shape index (κ1) is 14.6. The molecule has 108 valence electrons. The number of hydrogen-bond acceptors (Lipinski definition) is 3. The molecule has 1 aromatic carbocycles. The number of ether oxygens (including phenoxy) is 1. The van der Waals surface area contributed by atoms with E-state index in [9.17, 15) is 0 Å². The Labute approximate surface area is 120 Å². The van der Waals surface area contributed by atoms with Crippen LogP contribution in [0.25, 0.3) is 0 Å². The summed E-state index contributed by atoms with van der Waals surface area (Å²) in [4.78, 5) is 4.41. The van der Waals surface area contributed by atoms with Gasteiger partial charge in [0.1, 0.15) is 11.6 Å². The molecule has 0 spiro atoms. The first-order chi connectivity index (χ1) is 9.74. The third-order valence-corrected chi connectivity index (χ3v) is 3.29. The molecule has 1 atom stereocenters. The number of aryl methyl sites for hydroxylation is 1. The lowest BCUT2D eigenvalue weighted by Crippen LogP contribution is -2.16. The van der Waals surface area contributed by atoms with Crippen molar-refractivity contribution in [1.82, 2.24) is 9.55 Å². The maximum Gasteiger partial charge on any atom is 0.119 e. The van der Waals surface area contributed by atoms with Gasteiger partial charge in [0.2, 0.25) is 0 Å². The highest BCUT2D eigenvalue weighted by Gasteiger charge is 2.11. The maximum atomic E-state index is 6.28. The lowest BCUT2D eigenvalue weighted by Gasteiger charge is -2.14. The fraction of sp³-hybridized carbons (Fsp3) is 0.438. The Hall–Kier alpha value is -1.81. The molecule has 4 nitrogen and oxygen atoms in total. The van der Waals surface area contributed by atoms with Gasteiger partial charge in [-0.15, -0.1) is 0 Å². The van der Waals surface area contributed by atoms with E-state index >= 15 is 0 Å². The van der Waals surface area contributed by atoms with E-state index in [1.165, 1.54) is 0 Å². The summed E-state index contributed by atoms with van der Waals surface area (Å²) in [6.07, 6.45) is 5.71. The number of nitrogens with two attached hydrogens (primary N) is 1. The number of aromatic nitrogens is 2. The molecule has 0 saturated carbocycles. The molecule has 2 rings (SSSR count). The summed E-state index contributed by atoms with van der Waals surface area (Å²) in [7, 11) is 0. The SMILES string of the molecule is CCCn1ccnc1CC(N)c1ccc(OCC)cc1. The van der Waals surface area contributed by atoms with Gasteiger partial charge in [-0.05, 0) is 31.0 Å². The van der Waals surface area contributed by atoms with Crippen LogP contribution in [0.15, 0.2) is 36.7 Å². The Morgan fingerprint density at radius 3 is 2.65 bits per heavy atom. The van der Waals surface area contributed by atoms with E-state index in [-0.39, 0.29) is 6.04 Å². The van der Waals surface area contributed by atoms with Crippen LogP contribution in [-0.4, -0.2) is 16.2 Å². The smallest absolute Gasteiger partial charge is 0.119 e. The lowest BCUT2D eigenvalue weighted by atomic mass is 10.0. The molecule has 0 bridgehead atoms. The molecule has 4 heteroatoms. The van der Waals surface area contributed by atoms with Gasteiger partial charge in [-0.2, -0.15) is 0 Å². The third-order valence-electron chi connectivity index (χ3n) is 3.29. The Morgan fingerprint density at radius 1 is 1.25 bits per heavy atom. The molecular formula is C16H23N3O.